The minimum absolute atomic E-state index is 1.32. The first-order chi connectivity index (χ1) is 12.0. The molecule has 0 aliphatic carbocycles. The van der Waals surface area contributed by atoms with Gasteiger partial charge in [-0.15, -0.1) is 0 Å². The van der Waals surface area contributed by atoms with Gasteiger partial charge in [0.15, 0.2) is 0 Å². The molecule has 0 unspecified atom stereocenters. The van der Waals surface area contributed by atoms with Gasteiger partial charge in [-0.25, -0.2) is 0 Å². The van der Waals surface area contributed by atoms with Crippen molar-refractivity contribution in [3.63, 3.8) is 0 Å². The highest BCUT2D eigenvalue weighted by molar-refractivity contribution is 6.72. The maximum Gasteiger partial charge on any atom is 0.583 e. The molecule has 3 aliphatic rings. The molecule has 26 heavy (non-hydrogen) atoms. The molecule has 3 rings (SSSR count). The van der Waals surface area contributed by atoms with Gasteiger partial charge in [-0.05, 0) is 0 Å². The van der Waals surface area contributed by atoms with Gasteiger partial charge >= 0.3 is 43.2 Å². The summed E-state index contributed by atoms with van der Waals surface area (Å²) in [6.45, 7) is -1.93. The largest absolute Gasteiger partial charge is 0.583 e. The highest BCUT2D eigenvalue weighted by Crippen LogP contribution is 2.09. The van der Waals surface area contributed by atoms with E-state index in [2.05, 4.69) is 38.1 Å². The number of nitrogens with two attached hydrogens (primary N) is 2. The fourth-order valence-electron chi connectivity index (χ4n) is 1.76. The molecule has 0 radical (unpaired) electrons. The zero-order valence-corrected chi connectivity index (χ0v) is 13.5. The molecule has 16 nitrogen and oxygen atoms in total. The summed E-state index contributed by atoms with van der Waals surface area (Å²) in [7, 11) is -7.56. The van der Waals surface area contributed by atoms with Gasteiger partial charge in [-0.2, -0.15) is 0 Å². The lowest BCUT2D eigenvalue weighted by molar-refractivity contribution is -0.787. The Labute approximate surface area is 148 Å². The Balaban J connectivity index is 0.000000201. The van der Waals surface area contributed by atoms with Crippen LogP contribution in [0.5, 0.6) is 0 Å². The van der Waals surface area contributed by atoms with Crippen molar-refractivity contribution in [2.24, 2.45) is 0 Å². The predicted octanol–water partition coefficient (Wildman–Crippen LogP) is -10.0. The van der Waals surface area contributed by atoms with Crippen molar-refractivity contribution < 1.29 is 78.3 Å². The fourth-order valence-corrected chi connectivity index (χ4v) is 1.76. The smallest absolute Gasteiger partial charge is 0.538 e. The van der Waals surface area contributed by atoms with Crippen molar-refractivity contribution >= 4 is 43.2 Å². The van der Waals surface area contributed by atoms with Gasteiger partial charge in [-0.1, -0.05) is 0 Å². The maximum absolute atomic E-state index is 8.49. The Hall–Kier alpha value is -0.250. The quantitative estimate of drug-likeness (QED) is 0.174. The van der Waals surface area contributed by atoms with Crippen molar-refractivity contribution in [2.45, 2.75) is 0 Å². The van der Waals surface area contributed by atoms with Crippen LogP contribution in [-0.4, -0.2) is 110 Å². The molecule has 0 atom stereocenters. The predicted molar refractivity (Wildman–Crippen MR) is 82.1 cm³/mol. The lowest BCUT2D eigenvalue weighted by Gasteiger charge is -2.37. The molecule has 12 N–H and O–H groups in total. The third kappa shape index (κ3) is 10.8. The van der Waals surface area contributed by atoms with Gasteiger partial charge in [0, 0.05) is 0 Å². The van der Waals surface area contributed by atoms with Crippen LogP contribution in [0.1, 0.15) is 0 Å². The second-order valence-corrected chi connectivity index (χ2v) is 5.04. The fraction of sp³-hybridized carbons (Fsp3) is 1.00. The Kier molecular flexibility index (Phi) is 9.99. The number of piperazine rings is 1. The zero-order valence-electron chi connectivity index (χ0n) is 13.5. The molecule has 0 amide bonds. The molecule has 0 spiro atoms. The highest BCUT2D eigenvalue weighted by atomic mass is 16.9. The molecule has 3 heterocycles. The lowest BCUT2D eigenvalue weighted by Crippen LogP contribution is -3.04. The van der Waals surface area contributed by atoms with Crippen LogP contribution < -0.4 is 10.6 Å². The van der Waals surface area contributed by atoms with Crippen LogP contribution in [0, 0.1) is 0 Å². The highest BCUT2D eigenvalue weighted by Gasteiger charge is 2.42. The molecule has 3 aliphatic heterocycles. The van der Waals surface area contributed by atoms with Crippen LogP contribution in [0.15, 0.2) is 0 Å². The van der Waals surface area contributed by atoms with Gasteiger partial charge in [0.2, 0.25) is 0 Å². The summed E-state index contributed by atoms with van der Waals surface area (Å²) in [6, 6.07) is 0. The molecule has 0 aromatic carbocycles. The average Bonchev–Trinajstić information content (AvgIpc) is 2.44. The third-order valence-corrected chi connectivity index (χ3v) is 2.79. The van der Waals surface area contributed by atoms with Gasteiger partial charge in [0.1, 0.15) is 26.2 Å². The Bertz CT molecular complexity index is 338. The number of quaternary nitrogens is 2. The van der Waals surface area contributed by atoms with Crippen LogP contribution in [0.2, 0.25) is 0 Å². The van der Waals surface area contributed by atoms with E-state index in [1.807, 2.05) is 0 Å². The summed E-state index contributed by atoms with van der Waals surface area (Å²) in [6.07, 6.45) is 0. The van der Waals surface area contributed by atoms with Crippen LogP contribution in [0.3, 0.4) is 0 Å². The molecule has 0 bridgehead atoms. The summed E-state index contributed by atoms with van der Waals surface area (Å²) in [5, 5.41) is 72.4. The minimum atomic E-state index is -3.61. The number of hydrogen-bond acceptors (Lipinski definition) is 14. The van der Waals surface area contributed by atoms with Crippen molar-refractivity contribution in [1.82, 2.24) is 0 Å². The van der Waals surface area contributed by atoms with E-state index in [-0.39, 0.29) is 0 Å². The van der Waals surface area contributed by atoms with E-state index < -0.39 is 43.2 Å². The normalized spacial score (nSPS) is 24.9. The summed E-state index contributed by atoms with van der Waals surface area (Å²) < 4.78 is 23.4. The first-order valence-electron chi connectivity index (χ1n) is 7.53. The Morgan fingerprint density at radius 1 is 0.538 bits per heavy atom. The van der Waals surface area contributed by atoms with Crippen molar-refractivity contribution in [3.05, 3.63) is 0 Å². The standard InChI is InChI=1S/C4H10N2.2B3H4O7/c1-2-6-4-3-5-1;2*4-1-8-2(5)10-3(6,7)9-1/h5-6H,1-4H2;2*4-7H/q;2*-1/p+2. The summed E-state index contributed by atoms with van der Waals surface area (Å²) in [4.78, 5) is 0. The van der Waals surface area contributed by atoms with Gasteiger partial charge in [-0.3, -0.25) is 0 Å². The van der Waals surface area contributed by atoms with E-state index in [1.54, 1.807) is 0 Å². The summed E-state index contributed by atoms with van der Waals surface area (Å²) >= 11 is 0. The Morgan fingerprint density at radius 2 is 0.769 bits per heavy atom. The molecule has 148 valence electrons. The van der Waals surface area contributed by atoms with Crippen LogP contribution >= 0.6 is 0 Å². The van der Waals surface area contributed by atoms with E-state index in [0.29, 0.717) is 0 Å². The van der Waals surface area contributed by atoms with E-state index >= 15 is 0 Å². The van der Waals surface area contributed by atoms with E-state index in [0.717, 1.165) is 0 Å². The van der Waals surface area contributed by atoms with Crippen molar-refractivity contribution in [3.8, 4) is 0 Å². The number of hydrogen-bond donors (Lipinski definition) is 10. The second kappa shape index (κ2) is 10.9. The van der Waals surface area contributed by atoms with Crippen LogP contribution in [0.25, 0.3) is 0 Å². The SMILES string of the molecule is C1C[NH2+]CC[NH2+]1.OB1OB(O)O[B-](O)(O)O1.OB1OB(O)O[B-](O)(O)O1. The molecule has 3 fully saturated rings. The van der Waals surface area contributed by atoms with Crippen molar-refractivity contribution in [2.75, 3.05) is 26.2 Å². The van der Waals surface area contributed by atoms with E-state index in [1.165, 1.54) is 26.2 Å². The minimum Gasteiger partial charge on any atom is -0.538 e. The maximum atomic E-state index is 8.49. The topological polar surface area (TPSA) is 250 Å². The van der Waals surface area contributed by atoms with Gasteiger partial charge < -0.3 is 78.3 Å². The van der Waals surface area contributed by atoms with Crippen LogP contribution in [0.4, 0.5) is 0 Å². The van der Waals surface area contributed by atoms with Crippen LogP contribution in [-0.2, 0) is 27.4 Å². The van der Waals surface area contributed by atoms with E-state index in [9.17, 15) is 0 Å². The van der Waals surface area contributed by atoms with E-state index in [4.69, 9.17) is 40.2 Å². The molecular weight excluding hydrogens is 365 g/mol. The molecular formula is C4H20B6N2O14. The average molecular weight is 385 g/mol. The molecule has 0 aromatic heterocycles. The number of rotatable bonds is 0. The summed E-state index contributed by atoms with van der Waals surface area (Å²) in [5.74, 6) is 0. The van der Waals surface area contributed by atoms with Gasteiger partial charge in [0.25, 0.3) is 0 Å². The second-order valence-electron chi connectivity index (χ2n) is 5.04. The monoisotopic (exact) mass is 386 g/mol. The Morgan fingerprint density at radius 3 is 0.923 bits per heavy atom. The molecule has 0 saturated carbocycles. The third-order valence-electron chi connectivity index (χ3n) is 2.79. The zero-order chi connectivity index (χ0) is 19.8. The lowest BCUT2D eigenvalue weighted by atomic mass is 9.92. The van der Waals surface area contributed by atoms with Gasteiger partial charge in [0.05, 0.1) is 0 Å². The first kappa shape index (κ1) is 23.8. The first-order valence-corrected chi connectivity index (χ1v) is 7.53. The molecule has 3 saturated heterocycles. The van der Waals surface area contributed by atoms with Crippen molar-refractivity contribution in [1.29, 1.82) is 0 Å². The molecule has 0 aromatic rings. The summed E-state index contributed by atoms with van der Waals surface area (Å²) in [5.41, 5.74) is 0. The molecule has 22 heteroatoms.